The van der Waals surface area contributed by atoms with E-state index in [2.05, 4.69) is 22.2 Å². The average molecular weight is 413 g/mol. The predicted octanol–water partition coefficient (Wildman–Crippen LogP) is 3.22. The van der Waals surface area contributed by atoms with Gasteiger partial charge in [0.15, 0.2) is 0 Å². The molecular formula is C21H20N2O3S2. The van der Waals surface area contributed by atoms with Crippen molar-refractivity contribution in [3.05, 3.63) is 76.7 Å². The van der Waals surface area contributed by atoms with Crippen LogP contribution in [0.2, 0.25) is 0 Å². The maximum atomic E-state index is 13.1. The first-order valence-corrected chi connectivity index (χ1v) is 11.3. The molecule has 144 valence electrons. The Balaban J connectivity index is 1.67. The minimum atomic E-state index is -3.64. The van der Waals surface area contributed by atoms with Gasteiger partial charge in [-0.3, -0.25) is 4.79 Å². The Morgan fingerprint density at radius 2 is 1.75 bits per heavy atom. The van der Waals surface area contributed by atoms with Gasteiger partial charge in [-0.25, -0.2) is 13.1 Å². The monoisotopic (exact) mass is 412 g/mol. The van der Waals surface area contributed by atoms with Gasteiger partial charge >= 0.3 is 0 Å². The third-order valence-corrected chi connectivity index (χ3v) is 7.30. The van der Waals surface area contributed by atoms with E-state index in [1.807, 2.05) is 29.6 Å². The van der Waals surface area contributed by atoms with Crippen LogP contribution in [0.25, 0.3) is 10.4 Å². The van der Waals surface area contributed by atoms with Crippen LogP contribution in [0, 0.1) is 0 Å². The van der Waals surface area contributed by atoms with Crippen LogP contribution in [0.1, 0.15) is 21.5 Å². The molecule has 0 aliphatic heterocycles. The minimum absolute atomic E-state index is 0.00523. The Bertz CT molecular complexity index is 1100. The van der Waals surface area contributed by atoms with Crippen LogP contribution in [0.15, 0.2) is 64.9 Å². The van der Waals surface area contributed by atoms with Gasteiger partial charge < -0.3 is 5.32 Å². The smallest absolute Gasteiger partial charge is 0.252 e. The van der Waals surface area contributed by atoms with Crippen molar-refractivity contribution in [2.75, 3.05) is 7.05 Å². The Hall–Kier alpha value is -2.48. The van der Waals surface area contributed by atoms with E-state index < -0.39 is 10.0 Å². The number of hydrogen-bond donors (Lipinski definition) is 2. The zero-order valence-electron chi connectivity index (χ0n) is 15.3. The maximum absolute atomic E-state index is 13.1. The summed E-state index contributed by atoms with van der Waals surface area (Å²) in [6.45, 7) is 0. The number of hydrogen-bond acceptors (Lipinski definition) is 4. The number of carbonyl (C=O) groups excluding carboxylic acids is 1. The van der Waals surface area contributed by atoms with E-state index >= 15 is 0 Å². The van der Waals surface area contributed by atoms with Crippen molar-refractivity contribution in [2.45, 2.75) is 23.8 Å². The average Bonchev–Trinajstić information content (AvgIpc) is 3.36. The number of amides is 1. The SMILES string of the molecule is CNS(=O)(=O)c1ccc(-c2cccs2)c(C(=O)NC2Cc3ccccc3C2)c1. The number of sulfonamides is 1. The van der Waals surface area contributed by atoms with Gasteiger partial charge in [-0.1, -0.05) is 36.4 Å². The van der Waals surface area contributed by atoms with Gasteiger partial charge in [0, 0.05) is 22.0 Å². The van der Waals surface area contributed by atoms with E-state index in [0.29, 0.717) is 5.56 Å². The summed E-state index contributed by atoms with van der Waals surface area (Å²) in [5, 5.41) is 5.02. The van der Waals surface area contributed by atoms with Gasteiger partial charge in [0.05, 0.1) is 4.90 Å². The van der Waals surface area contributed by atoms with E-state index in [1.54, 1.807) is 6.07 Å². The van der Waals surface area contributed by atoms with Gasteiger partial charge in [-0.15, -0.1) is 11.3 Å². The molecule has 1 aromatic heterocycles. The fourth-order valence-corrected chi connectivity index (χ4v) is 5.09. The maximum Gasteiger partial charge on any atom is 0.252 e. The number of nitrogens with one attached hydrogen (secondary N) is 2. The lowest BCUT2D eigenvalue weighted by atomic mass is 10.0. The van der Waals surface area contributed by atoms with E-state index in [4.69, 9.17) is 0 Å². The van der Waals surface area contributed by atoms with Gasteiger partial charge in [-0.05, 0) is 54.6 Å². The second-order valence-electron chi connectivity index (χ2n) is 6.74. The van der Waals surface area contributed by atoms with Gasteiger partial charge in [-0.2, -0.15) is 0 Å². The summed E-state index contributed by atoms with van der Waals surface area (Å²) in [7, 11) is -2.28. The van der Waals surface area contributed by atoms with Crippen LogP contribution in [-0.2, 0) is 22.9 Å². The summed E-state index contributed by atoms with van der Waals surface area (Å²) in [5.74, 6) is -0.255. The molecule has 0 radical (unpaired) electrons. The van der Waals surface area contributed by atoms with E-state index in [0.717, 1.165) is 23.3 Å². The highest BCUT2D eigenvalue weighted by molar-refractivity contribution is 7.89. The molecule has 0 bridgehead atoms. The summed E-state index contributed by atoms with van der Waals surface area (Å²) < 4.78 is 26.8. The lowest BCUT2D eigenvalue weighted by Crippen LogP contribution is -2.35. The fraction of sp³-hybridized carbons (Fsp3) is 0.190. The number of rotatable bonds is 5. The Labute approximate surface area is 168 Å². The fourth-order valence-electron chi connectivity index (χ4n) is 3.57. The predicted molar refractivity (Wildman–Crippen MR) is 111 cm³/mol. The first kappa shape index (κ1) is 18.9. The molecule has 0 fully saturated rings. The van der Waals surface area contributed by atoms with Crippen LogP contribution in [0.3, 0.4) is 0 Å². The van der Waals surface area contributed by atoms with Crippen molar-refractivity contribution in [3.8, 4) is 10.4 Å². The van der Waals surface area contributed by atoms with Crippen LogP contribution in [0.5, 0.6) is 0 Å². The number of benzene rings is 2. The molecule has 0 saturated carbocycles. The second kappa shape index (κ2) is 7.50. The van der Waals surface area contributed by atoms with Crippen molar-refractivity contribution in [1.29, 1.82) is 0 Å². The molecule has 28 heavy (non-hydrogen) atoms. The third kappa shape index (κ3) is 3.61. The van der Waals surface area contributed by atoms with Crippen molar-refractivity contribution in [2.24, 2.45) is 0 Å². The highest BCUT2D eigenvalue weighted by Crippen LogP contribution is 2.30. The van der Waals surface area contributed by atoms with Crippen molar-refractivity contribution >= 4 is 27.3 Å². The molecule has 0 unspecified atom stereocenters. The third-order valence-electron chi connectivity index (χ3n) is 4.99. The van der Waals surface area contributed by atoms with Crippen molar-refractivity contribution < 1.29 is 13.2 Å². The van der Waals surface area contributed by atoms with Crippen LogP contribution in [-0.4, -0.2) is 27.4 Å². The molecule has 4 rings (SSSR count). The Morgan fingerprint density at radius 3 is 2.36 bits per heavy atom. The molecule has 7 heteroatoms. The highest BCUT2D eigenvalue weighted by Gasteiger charge is 2.25. The molecule has 1 aliphatic rings. The summed E-state index contributed by atoms with van der Waals surface area (Å²) >= 11 is 1.51. The van der Waals surface area contributed by atoms with Crippen molar-refractivity contribution in [1.82, 2.24) is 10.0 Å². The molecule has 0 spiro atoms. The Morgan fingerprint density at radius 1 is 1.04 bits per heavy atom. The second-order valence-corrected chi connectivity index (χ2v) is 9.57. The largest absolute Gasteiger partial charge is 0.349 e. The lowest BCUT2D eigenvalue weighted by molar-refractivity contribution is 0.0939. The standard InChI is InChI=1S/C21H20N2O3S2/c1-22-28(25,26)17-8-9-18(20-7-4-10-27-20)19(13-17)21(24)23-16-11-14-5-2-3-6-15(14)12-16/h2-10,13,16,22H,11-12H2,1H3,(H,23,24). The Kier molecular flexibility index (Phi) is 5.05. The van der Waals surface area contributed by atoms with E-state index in [1.165, 1.54) is 41.6 Å². The minimum Gasteiger partial charge on any atom is -0.349 e. The summed E-state index contributed by atoms with van der Waals surface area (Å²) in [6, 6.07) is 16.7. The van der Waals surface area contributed by atoms with Crippen LogP contribution in [0.4, 0.5) is 0 Å². The van der Waals surface area contributed by atoms with Gasteiger partial charge in [0.25, 0.3) is 5.91 Å². The molecule has 0 saturated heterocycles. The summed E-state index contributed by atoms with van der Waals surface area (Å²) in [6.07, 6.45) is 1.56. The topological polar surface area (TPSA) is 75.3 Å². The molecule has 1 amide bonds. The van der Waals surface area contributed by atoms with Crippen molar-refractivity contribution in [3.63, 3.8) is 0 Å². The molecule has 3 aromatic rings. The molecule has 2 N–H and O–H groups in total. The number of carbonyl (C=O) groups is 1. The molecule has 1 aliphatic carbocycles. The van der Waals surface area contributed by atoms with E-state index in [9.17, 15) is 13.2 Å². The molecule has 5 nitrogen and oxygen atoms in total. The zero-order valence-corrected chi connectivity index (χ0v) is 16.9. The van der Waals surface area contributed by atoms with Crippen LogP contribution >= 0.6 is 11.3 Å². The molecule has 1 heterocycles. The first-order chi connectivity index (χ1) is 13.5. The number of thiophene rings is 1. The molecular weight excluding hydrogens is 392 g/mol. The van der Waals surface area contributed by atoms with Gasteiger partial charge in [0.1, 0.15) is 0 Å². The summed E-state index contributed by atoms with van der Waals surface area (Å²) in [4.78, 5) is 14.1. The van der Waals surface area contributed by atoms with Crippen LogP contribution < -0.4 is 10.0 Å². The lowest BCUT2D eigenvalue weighted by Gasteiger charge is -2.15. The molecule has 2 aromatic carbocycles. The molecule has 0 atom stereocenters. The first-order valence-electron chi connectivity index (χ1n) is 8.97. The zero-order chi connectivity index (χ0) is 19.7. The normalized spacial score (nSPS) is 14.0. The number of fused-ring (bicyclic) bond motifs is 1. The summed E-state index contributed by atoms with van der Waals surface area (Å²) in [5.41, 5.74) is 3.60. The van der Waals surface area contributed by atoms with E-state index in [-0.39, 0.29) is 16.8 Å². The van der Waals surface area contributed by atoms with Gasteiger partial charge in [0.2, 0.25) is 10.0 Å². The highest BCUT2D eigenvalue weighted by atomic mass is 32.2. The quantitative estimate of drug-likeness (QED) is 0.676.